The second-order valence-electron chi connectivity index (χ2n) is 2.57. The van der Waals surface area contributed by atoms with Gasteiger partial charge in [0.15, 0.2) is 0 Å². The van der Waals surface area contributed by atoms with Crippen LogP contribution in [0.15, 0.2) is 42.5 Å². The van der Waals surface area contributed by atoms with E-state index in [1.54, 1.807) is 0 Å². The zero-order chi connectivity index (χ0) is 7.68. The van der Waals surface area contributed by atoms with E-state index in [1.807, 2.05) is 30.3 Å². The van der Waals surface area contributed by atoms with Crippen molar-refractivity contribution in [1.29, 1.82) is 0 Å². The maximum atomic E-state index is 5.76. The molecule has 0 aromatic heterocycles. The maximum Gasteiger partial charge on any atom is 0.0393 e. The van der Waals surface area contributed by atoms with Gasteiger partial charge in [-0.25, -0.2) is 0 Å². The highest BCUT2D eigenvalue weighted by molar-refractivity contribution is 6.92. The average Bonchev–Trinajstić information content (AvgIpc) is 2.06. The van der Waals surface area contributed by atoms with Crippen molar-refractivity contribution in [2.45, 2.75) is 0 Å². The molecule has 0 aliphatic heterocycles. The highest BCUT2D eigenvalue weighted by atomic mass is 31.0. The van der Waals surface area contributed by atoms with Gasteiger partial charge in [-0.1, -0.05) is 36.4 Å². The molecule has 62 valence electrons. The van der Waals surface area contributed by atoms with E-state index in [1.165, 1.54) is 5.39 Å². The van der Waals surface area contributed by atoms with Crippen molar-refractivity contribution in [2.24, 2.45) is 0 Å². The molecule has 0 bridgehead atoms. The number of benzene rings is 2. The van der Waals surface area contributed by atoms with Crippen LogP contribution in [0.1, 0.15) is 0 Å². The van der Waals surface area contributed by atoms with Gasteiger partial charge in [0.1, 0.15) is 0 Å². The molecular formula is C10H12NP. The fourth-order valence-corrected chi connectivity index (χ4v) is 1.25. The van der Waals surface area contributed by atoms with E-state index in [2.05, 4.69) is 12.1 Å². The van der Waals surface area contributed by atoms with Gasteiger partial charge in [-0.3, -0.25) is 0 Å². The minimum absolute atomic E-state index is 0. The summed E-state index contributed by atoms with van der Waals surface area (Å²) in [6.07, 6.45) is 0. The van der Waals surface area contributed by atoms with E-state index in [0.29, 0.717) is 0 Å². The summed E-state index contributed by atoms with van der Waals surface area (Å²) in [5, 5.41) is 2.34. The number of nitrogens with two attached hydrogens (primary N) is 1. The number of hydrogen-bond acceptors (Lipinski definition) is 1. The number of anilines is 1. The smallest absolute Gasteiger partial charge is 0.0393 e. The Kier molecular flexibility index (Phi) is 2.67. The minimum Gasteiger partial charge on any atom is -0.398 e. The van der Waals surface area contributed by atoms with E-state index in [4.69, 9.17) is 5.73 Å². The Morgan fingerprint density at radius 2 is 1.50 bits per heavy atom. The molecule has 2 aromatic rings. The molecule has 12 heavy (non-hydrogen) atoms. The van der Waals surface area contributed by atoms with Gasteiger partial charge in [-0.15, -0.1) is 0 Å². The molecule has 0 amide bonds. The van der Waals surface area contributed by atoms with E-state index < -0.39 is 0 Å². The average molecular weight is 177 g/mol. The molecule has 2 aromatic carbocycles. The summed E-state index contributed by atoms with van der Waals surface area (Å²) in [5.41, 5.74) is 6.61. The van der Waals surface area contributed by atoms with E-state index in [0.717, 1.165) is 11.1 Å². The van der Waals surface area contributed by atoms with Gasteiger partial charge >= 0.3 is 0 Å². The van der Waals surface area contributed by atoms with Crippen molar-refractivity contribution < 1.29 is 0 Å². The zero-order valence-corrected chi connectivity index (χ0v) is 8.24. The summed E-state index contributed by atoms with van der Waals surface area (Å²) in [6.45, 7) is 0. The molecule has 2 N–H and O–H groups in total. The molecule has 0 spiro atoms. The molecular weight excluding hydrogens is 165 g/mol. The van der Waals surface area contributed by atoms with Gasteiger partial charge < -0.3 is 5.73 Å². The van der Waals surface area contributed by atoms with Crippen LogP contribution in [-0.4, -0.2) is 0 Å². The van der Waals surface area contributed by atoms with Crippen molar-refractivity contribution in [3.8, 4) is 0 Å². The first-order valence-corrected chi connectivity index (χ1v) is 3.61. The van der Waals surface area contributed by atoms with Gasteiger partial charge in [0.05, 0.1) is 0 Å². The lowest BCUT2D eigenvalue weighted by molar-refractivity contribution is 1.73. The van der Waals surface area contributed by atoms with Crippen LogP contribution >= 0.6 is 9.90 Å². The van der Waals surface area contributed by atoms with Crippen LogP contribution in [0.4, 0.5) is 5.69 Å². The van der Waals surface area contributed by atoms with E-state index in [-0.39, 0.29) is 9.90 Å². The van der Waals surface area contributed by atoms with Crippen LogP contribution in [0, 0.1) is 0 Å². The molecule has 0 aliphatic carbocycles. The molecule has 0 radical (unpaired) electrons. The third-order valence-electron chi connectivity index (χ3n) is 1.82. The summed E-state index contributed by atoms with van der Waals surface area (Å²) >= 11 is 0. The molecule has 0 fully saturated rings. The highest BCUT2D eigenvalue weighted by Crippen LogP contribution is 2.19. The van der Waals surface area contributed by atoms with Crippen molar-refractivity contribution in [1.82, 2.24) is 0 Å². The van der Waals surface area contributed by atoms with Gasteiger partial charge in [0, 0.05) is 11.1 Å². The Hall–Kier alpha value is -1.07. The van der Waals surface area contributed by atoms with E-state index >= 15 is 0 Å². The summed E-state index contributed by atoms with van der Waals surface area (Å²) < 4.78 is 0. The quantitative estimate of drug-likeness (QED) is 0.485. The summed E-state index contributed by atoms with van der Waals surface area (Å²) in [6, 6.07) is 14.1. The zero-order valence-electron chi connectivity index (χ0n) is 6.83. The molecule has 2 rings (SSSR count). The first-order chi connectivity index (χ1) is 5.38. The predicted molar refractivity (Wildman–Crippen MR) is 59.5 cm³/mol. The number of rotatable bonds is 0. The second-order valence-corrected chi connectivity index (χ2v) is 2.57. The molecule has 0 saturated carbocycles. The SMILES string of the molecule is Nc1cccc2ccccc12.P. The molecule has 0 aliphatic rings. The van der Waals surface area contributed by atoms with Crippen molar-refractivity contribution in [3.05, 3.63) is 42.5 Å². The molecule has 1 unspecified atom stereocenters. The minimum atomic E-state index is 0. The normalized spacial score (nSPS) is 9.33. The second kappa shape index (κ2) is 3.55. The van der Waals surface area contributed by atoms with Crippen molar-refractivity contribution in [2.75, 3.05) is 5.73 Å². The summed E-state index contributed by atoms with van der Waals surface area (Å²) in [4.78, 5) is 0. The van der Waals surface area contributed by atoms with Gasteiger partial charge in [-0.2, -0.15) is 9.90 Å². The third kappa shape index (κ3) is 1.41. The lowest BCUT2D eigenvalue weighted by atomic mass is 10.1. The van der Waals surface area contributed by atoms with Crippen LogP contribution in [0.2, 0.25) is 0 Å². The Labute approximate surface area is 75.2 Å². The van der Waals surface area contributed by atoms with Crippen LogP contribution < -0.4 is 5.73 Å². The number of hydrogen-bond donors (Lipinski definition) is 1. The van der Waals surface area contributed by atoms with Crippen molar-refractivity contribution >= 4 is 26.4 Å². The van der Waals surface area contributed by atoms with Crippen LogP contribution in [-0.2, 0) is 0 Å². The highest BCUT2D eigenvalue weighted by Gasteiger charge is 1.92. The molecule has 1 atom stereocenters. The Balaban J connectivity index is 0.000000720. The van der Waals surface area contributed by atoms with Crippen LogP contribution in [0.5, 0.6) is 0 Å². The fraction of sp³-hybridized carbons (Fsp3) is 0. The Morgan fingerprint density at radius 1 is 0.833 bits per heavy atom. The topological polar surface area (TPSA) is 26.0 Å². The first kappa shape index (κ1) is 9.02. The van der Waals surface area contributed by atoms with Crippen LogP contribution in [0.25, 0.3) is 10.8 Å². The standard InChI is InChI=1S/C10H9N.H3P/c11-10-7-3-5-8-4-1-2-6-9(8)10;/h1-7H,11H2;1H3. The predicted octanol–water partition coefficient (Wildman–Crippen LogP) is 2.48. The Bertz CT molecular complexity index is 379. The number of nitrogen functional groups attached to an aromatic ring is 1. The largest absolute Gasteiger partial charge is 0.398 e. The number of fused-ring (bicyclic) bond motifs is 1. The fourth-order valence-electron chi connectivity index (χ4n) is 1.25. The van der Waals surface area contributed by atoms with E-state index in [9.17, 15) is 0 Å². The maximum absolute atomic E-state index is 5.76. The van der Waals surface area contributed by atoms with Crippen molar-refractivity contribution in [3.63, 3.8) is 0 Å². The summed E-state index contributed by atoms with van der Waals surface area (Å²) in [7, 11) is 0. The lowest BCUT2D eigenvalue weighted by Crippen LogP contribution is -1.84. The van der Waals surface area contributed by atoms with Crippen LogP contribution in [0.3, 0.4) is 0 Å². The Morgan fingerprint density at radius 3 is 2.25 bits per heavy atom. The van der Waals surface area contributed by atoms with Gasteiger partial charge in [0.2, 0.25) is 0 Å². The molecule has 1 nitrogen and oxygen atoms in total. The first-order valence-electron chi connectivity index (χ1n) is 3.61. The monoisotopic (exact) mass is 177 g/mol. The lowest BCUT2D eigenvalue weighted by Gasteiger charge is -1.98. The van der Waals surface area contributed by atoms with Gasteiger partial charge in [-0.05, 0) is 11.5 Å². The molecule has 2 heteroatoms. The van der Waals surface area contributed by atoms with Gasteiger partial charge in [0.25, 0.3) is 0 Å². The molecule has 0 saturated heterocycles. The molecule has 0 heterocycles. The third-order valence-corrected chi connectivity index (χ3v) is 1.82. The summed E-state index contributed by atoms with van der Waals surface area (Å²) in [5.74, 6) is 0.